The summed E-state index contributed by atoms with van der Waals surface area (Å²) in [4.78, 5) is 1.42. The molecule has 1 fully saturated rings. The first-order valence-corrected chi connectivity index (χ1v) is 8.57. The van der Waals surface area contributed by atoms with E-state index >= 15 is 0 Å². The van der Waals surface area contributed by atoms with E-state index in [1.807, 2.05) is 11.3 Å². The zero-order valence-corrected chi connectivity index (χ0v) is 12.9. The Morgan fingerprint density at radius 2 is 1.85 bits per heavy atom. The second-order valence-corrected chi connectivity index (χ2v) is 6.87. The van der Waals surface area contributed by atoms with Crippen LogP contribution in [-0.4, -0.2) is 6.04 Å². The van der Waals surface area contributed by atoms with Gasteiger partial charge in [0, 0.05) is 10.9 Å². The molecule has 3 unspecified atom stereocenters. The molecule has 1 nitrogen and oxygen atoms in total. The van der Waals surface area contributed by atoms with Gasteiger partial charge in [0.15, 0.2) is 0 Å². The third kappa shape index (κ3) is 3.13. The standard InChI is InChI=1S/C18H23NS/c1-14-8-5-6-11-16(14)19-18(17-12-7-13-20-17)15-9-3-2-4-10-15/h2-4,7,9-10,12-14,16,18-19H,5-6,8,11H2,1H3. The summed E-state index contributed by atoms with van der Waals surface area (Å²) in [5.74, 6) is 0.787. The van der Waals surface area contributed by atoms with Crippen molar-refractivity contribution in [3.05, 3.63) is 58.3 Å². The smallest absolute Gasteiger partial charge is 0.0673 e. The van der Waals surface area contributed by atoms with Crippen molar-refractivity contribution in [2.45, 2.75) is 44.7 Å². The molecule has 0 saturated heterocycles. The average Bonchev–Trinajstić information content (AvgIpc) is 3.01. The second kappa shape index (κ2) is 6.55. The highest BCUT2D eigenvalue weighted by molar-refractivity contribution is 7.10. The van der Waals surface area contributed by atoms with Gasteiger partial charge in [-0.15, -0.1) is 11.3 Å². The Bertz CT molecular complexity index is 505. The van der Waals surface area contributed by atoms with Gasteiger partial charge in [-0.1, -0.05) is 56.2 Å². The summed E-state index contributed by atoms with van der Waals surface area (Å²) >= 11 is 1.85. The molecule has 1 aliphatic rings. The highest BCUT2D eigenvalue weighted by Crippen LogP contribution is 2.31. The van der Waals surface area contributed by atoms with Crippen LogP contribution in [0.2, 0.25) is 0 Å². The lowest BCUT2D eigenvalue weighted by molar-refractivity contribution is 0.269. The molecule has 106 valence electrons. The third-order valence-corrected chi connectivity index (χ3v) is 5.39. The average molecular weight is 285 g/mol. The molecular weight excluding hydrogens is 262 g/mol. The van der Waals surface area contributed by atoms with Crippen molar-refractivity contribution >= 4 is 11.3 Å². The van der Waals surface area contributed by atoms with Gasteiger partial charge in [-0.05, 0) is 35.8 Å². The maximum atomic E-state index is 3.93. The van der Waals surface area contributed by atoms with Gasteiger partial charge in [0.1, 0.15) is 0 Å². The van der Waals surface area contributed by atoms with Crippen LogP contribution >= 0.6 is 11.3 Å². The Morgan fingerprint density at radius 1 is 1.05 bits per heavy atom. The molecule has 3 rings (SSSR count). The molecule has 0 bridgehead atoms. The van der Waals surface area contributed by atoms with E-state index in [1.54, 1.807) is 0 Å². The molecule has 1 aromatic carbocycles. The molecule has 1 aliphatic carbocycles. The van der Waals surface area contributed by atoms with Gasteiger partial charge >= 0.3 is 0 Å². The van der Waals surface area contributed by atoms with E-state index < -0.39 is 0 Å². The predicted octanol–water partition coefficient (Wildman–Crippen LogP) is 5.01. The Morgan fingerprint density at radius 3 is 2.55 bits per heavy atom. The number of benzene rings is 1. The van der Waals surface area contributed by atoms with Crippen LogP contribution in [0, 0.1) is 5.92 Å². The van der Waals surface area contributed by atoms with Crippen LogP contribution < -0.4 is 5.32 Å². The van der Waals surface area contributed by atoms with Crippen LogP contribution in [0.1, 0.15) is 49.1 Å². The summed E-state index contributed by atoms with van der Waals surface area (Å²) in [5, 5.41) is 6.11. The molecule has 3 atom stereocenters. The predicted molar refractivity (Wildman–Crippen MR) is 87.2 cm³/mol. The molecule has 0 radical (unpaired) electrons. The van der Waals surface area contributed by atoms with Gasteiger partial charge in [-0.25, -0.2) is 0 Å². The van der Waals surface area contributed by atoms with Gasteiger partial charge in [0.05, 0.1) is 6.04 Å². The SMILES string of the molecule is CC1CCCCC1NC(c1ccccc1)c1cccs1. The van der Waals surface area contributed by atoms with E-state index in [9.17, 15) is 0 Å². The fourth-order valence-corrected chi connectivity index (χ4v) is 4.03. The van der Waals surface area contributed by atoms with Crippen molar-refractivity contribution in [1.29, 1.82) is 0 Å². The summed E-state index contributed by atoms with van der Waals surface area (Å²) in [6, 6.07) is 16.3. The summed E-state index contributed by atoms with van der Waals surface area (Å²) in [6.07, 6.45) is 5.45. The first-order chi connectivity index (χ1) is 9.84. The van der Waals surface area contributed by atoms with Gasteiger partial charge in [-0.2, -0.15) is 0 Å². The van der Waals surface area contributed by atoms with Crippen molar-refractivity contribution in [3.8, 4) is 0 Å². The van der Waals surface area contributed by atoms with Crippen LogP contribution in [-0.2, 0) is 0 Å². The zero-order chi connectivity index (χ0) is 13.8. The van der Waals surface area contributed by atoms with Crippen molar-refractivity contribution in [2.75, 3.05) is 0 Å². The highest BCUT2D eigenvalue weighted by atomic mass is 32.1. The molecule has 0 spiro atoms. The van der Waals surface area contributed by atoms with Crippen LogP contribution in [0.15, 0.2) is 47.8 Å². The van der Waals surface area contributed by atoms with E-state index in [0.717, 1.165) is 5.92 Å². The molecule has 20 heavy (non-hydrogen) atoms. The lowest BCUT2D eigenvalue weighted by Crippen LogP contribution is -2.39. The van der Waals surface area contributed by atoms with E-state index in [0.29, 0.717) is 12.1 Å². The normalized spacial score (nSPS) is 24.4. The molecular formula is C18H23NS. The van der Waals surface area contributed by atoms with Crippen LogP contribution in [0.5, 0.6) is 0 Å². The minimum absolute atomic E-state index is 0.349. The fourth-order valence-electron chi connectivity index (χ4n) is 3.22. The molecule has 2 aromatic rings. The number of rotatable bonds is 4. The largest absolute Gasteiger partial charge is 0.303 e. The molecule has 1 aromatic heterocycles. The Balaban J connectivity index is 1.83. The van der Waals surface area contributed by atoms with Gasteiger partial charge < -0.3 is 5.32 Å². The lowest BCUT2D eigenvalue weighted by Gasteiger charge is -2.33. The fraction of sp³-hybridized carbons (Fsp3) is 0.444. The minimum Gasteiger partial charge on any atom is -0.303 e. The van der Waals surface area contributed by atoms with Crippen LogP contribution in [0.4, 0.5) is 0 Å². The Labute approximate surface area is 126 Å². The van der Waals surface area contributed by atoms with Gasteiger partial charge in [0.2, 0.25) is 0 Å². The minimum atomic E-state index is 0.349. The van der Waals surface area contributed by atoms with Gasteiger partial charge in [-0.3, -0.25) is 0 Å². The topological polar surface area (TPSA) is 12.0 Å². The molecule has 0 aliphatic heterocycles. The van der Waals surface area contributed by atoms with Crippen molar-refractivity contribution < 1.29 is 0 Å². The summed E-state index contributed by atoms with van der Waals surface area (Å²) < 4.78 is 0. The van der Waals surface area contributed by atoms with E-state index in [2.05, 4.69) is 60.1 Å². The first-order valence-electron chi connectivity index (χ1n) is 7.69. The number of nitrogens with one attached hydrogen (secondary N) is 1. The van der Waals surface area contributed by atoms with Gasteiger partial charge in [0.25, 0.3) is 0 Å². The van der Waals surface area contributed by atoms with E-state index in [4.69, 9.17) is 0 Å². The number of thiophene rings is 1. The molecule has 0 amide bonds. The molecule has 1 heterocycles. The number of hydrogen-bond donors (Lipinski definition) is 1. The van der Waals surface area contributed by atoms with E-state index in [-0.39, 0.29) is 0 Å². The van der Waals surface area contributed by atoms with Crippen LogP contribution in [0.3, 0.4) is 0 Å². The summed E-state index contributed by atoms with van der Waals surface area (Å²) in [6.45, 7) is 2.40. The summed E-state index contributed by atoms with van der Waals surface area (Å²) in [5.41, 5.74) is 1.38. The van der Waals surface area contributed by atoms with Crippen molar-refractivity contribution in [2.24, 2.45) is 5.92 Å². The number of hydrogen-bond acceptors (Lipinski definition) is 2. The first kappa shape index (κ1) is 13.8. The zero-order valence-electron chi connectivity index (χ0n) is 12.1. The van der Waals surface area contributed by atoms with Crippen LogP contribution in [0.25, 0.3) is 0 Å². The van der Waals surface area contributed by atoms with E-state index in [1.165, 1.54) is 36.1 Å². The quantitative estimate of drug-likeness (QED) is 0.833. The molecule has 1 saturated carbocycles. The van der Waals surface area contributed by atoms with Crippen molar-refractivity contribution in [3.63, 3.8) is 0 Å². The highest BCUT2D eigenvalue weighted by Gasteiger charge is 2.25. The maximum Gasteiger partial charge on any atom is 0.0673 e. The monoisotopic (exact) mass is 285 g/mol. The maximum absolute atomic E-state index is 3.93. The van der Waals surface area contributed by atoms with Crippen molar-refractivity contribution in [1.82, 2.24) is 5.32 Å². The lowest BCUT2D eigenvalue weighted by atomic mass is 9.85. The molecule has 2 heteroatoms. The Hall–Kier alpha value is -1.12. The third-order valence-electron chi connectivity index (χ3n) is 4.45. The second-order valence-electron chi connectivity index (χ2n) is 5.89. The summed E-state index contributed by atoms with van der Waals surface area (Å²) in [7, 11) is 0. The Kier molecular flexibility index (Phi) is 4.54. The molecule has 1 N–H and O–H groups in total.